The van der Waals surface area contributed by atoms with Crippen LogP contribution in [0.2, 0.25) is 0 Å². The Morgan fingerprint density at radius 2 is 2.05 bits per heavy atom. The van der Waals surface area contributed by atoms with Crippen molar-refractivity contribution in [2.75, 3.05) is 11.9 Å². The third kappa shape index (κ3) is 5.42. The highest BCUT2D eigenvalue weighted by atomic mass is 32.1. The van der Waals surface area contributed by atoms with Gasteiger partial charge in [0, 0.05) is 35.7 Å². The summed E-state index contributed by atoms with van der Waals surface area (Å²) in [4.78, 5) is 38.7. The maximum absolute atomic E-state index is 13.2. The SMILES string of the molecule is CC(C)(C)[C@@H]1CCc2nc3sc(C(=O)N[C@H](CN)c4cccc(NC(=O)c5ncc[nH]5)c4)cc3cc2C1. The molecule has 5 rings (SSSR count). The van der Waals surface area contributed by atoms with Gasteiger partial charge in [-0.2, -0.15) is 0 Å². The summed E-state index contributed by atoms with van der Waals surface area (Å²) in [5, 5.41) is 6.87. The monoisotopic (exact) mass is 516 g/mol. The number of thiophene rings is 1. The van der Waals surface area contributed by atoms with Gasteiger partial charge in [-0.15, -0.1) is 11.3 Å². The normalized spacial score (nSPS) is 16.3. The third-order valence-electron chi connectivity index (χ3n) is 7.12. The van der Waals surface area contributed by atoms with Crippen LogP contribution in [0.3, 0.4) is 0 Å². The molecule has 192 valence electrons. The molecular weight excluding hydrogens is 484 g/mol. The van der Waals surface area contributed by atoms with Gasteiger partial charge in [-0.05, 0) is 66.0 Å². The molecule has 0 radical (unpaired) electrons. The minimum atomic E-state index is -0.410. The van der Waals surface area contributed by atoms with Crippen molar-refractivity contribution in [1.82, 2.24) is 20.3 Å². The van der Waals surface area contributed by atoms with E-state index < -0.39 is 6.04 Å². The number of carbonyl (C=O) groups excluding carboxylic acids is 2. The van der Waals surface area contributed by atoms with Crippen molar-refractivity contribution in [3.63, 3.8) is 0 Å². The molecule has 0 saturated carbocycles. The van der Waals surface area contributed by atoms with Gasteiger partial charge in [-0.1, -0.05) is 32.9 Å². The number of imidazole rings is 1. The van der Waals surface area contributed by atoms with Crippen LogP contribution >= 0.6 is 11.3 Å². The van der Waals surface area contributed by atoms with E-state index in [0.29, 0.717) is 16.5 Å². The summed E-state index contributed by atoms with van der Waals surface area (Å²) in [6, 6.07) is 11.0. The molecule has 0 spiro atoms. The lowest BCUT2D eigenvalue weighted by Gasteiger charge is -2.34. The number of carbonyl (C=O) groups is 2. The molecule has 4 aromatic rings. The fourth-order valence-corrected chi connectivity index (χ4v) is 5.83. The Labute approximate surface area is 220 Å². The van der Waals surface area contributed by atoms with Gasteiger partial charge in [0.2, 0.25) is 0 Å². The molecule has 2 amide bonds. The summed E-state index contributed by atoms with van der Waals surface area (Å²) in [5.74, 6) is 0.326. The fourth-order valence-electron chi connectivity index (χ4n) is 4.90. The van der Waals surface area contributed by atoms with E-state index in [1.165, 1.54) is 23.1 Å². The van der Waals surface area contributed by atoms with E-state index in [4.69, 9.17) is 10.7 Å². The summed E-state index contributed by atoms with van der Waals surface area (Å²) in [6.45, 7) is 7.13. The molecule has 1 aromatic carbocycles. The van der Waals surface area contributed by atoms with Crippen molar-refractivity contribution in [3.8, 4) is 0 Å². The predicted octanol–water partition coefficient (Wildman–Crippen LogP) is 4.85. The molecule has 3 heterocycles. The maximum atomic E-state index is 13.2. The second kappa shape index (κ2) is 10.1. The molecule has 8 nitrogen and oxygen atoms in total. The number of rotatable bonds is 6. The van der Waals surface area contributed by atoms with Crippen LogP contribution in [0.25, 0.3) is 10.2 Å². The first-order valence-electron chi connectivity index (χ1n) is 12.5. The number of hydrogen-bond acceptors (Lipinski definition) is 6. The number of H-pyrrole nitrogens is 1. The van der Waals surface area contributed by atoms with E-state index in [1.54, 1.807) is 12.3 Å². The zero-order chi connectivity index (χ0) is 26.2. The standard InChI is InChI=1S/C28H32N6O2S/c1-28(2,3)19-7-8-21-17(12-19)11-18-14-23(37-27(18)34-21)25(35)33-22(15-29)16-5-4-6-20(13-16)32-26(36)24-30-9-10-31-24/h4-6,9-11,13-14,19,22H,7-8,12,15,29H2,1-3H3,(H,30,31)(H,32,36)(H,33,35)/t19-,22-/m1/s1. The van der Waals surface area contributed by atoms with Crippen LogP contribution in [0.4, 0.5) is 5.69 Å². The molecule has 0 saturated heterocycles. The van der Waals surface area contributed by atoms with Crippen LogP contribution in [-0.4, -0.2) is 33.3 Å². The molecular formula is C28H32N6O2S. The van der Waals surface area contributed by atoms with Crippen LogP contribution in [0, 0.1) is 11.3 Å². The lowest BCUT2D eigenvalue weighted by Crippen LogP contribution is -2.33. The number of nitrogens with two attached hydrogens (primary N) is 1. The Morgan fingerprint density at radius 1 is 1.22 bits per heavy atom. The van der Waals surface area contributed by atoms with Gasteiger partial charge in [0.15, 0.2) is 5.82 Å². The van der Waals surface area contributed by atoms with Crippen molar-refractivity contribution in [3.05, 3.63) is 76.3 Å². The number of amides is 2. The number of fused-ring (bicyclic) bond motifs is 2. The van der Waals surface area contributed by atoms with Gasteiger partial charge in [-0.3, -0.25) is 9.59 Å². The molecule has 0 unspecified atom stereocenters. The van der Waals surface area contributed by atoms with Crippen LogP contribution < -0.4 is 16.4 Å². The topological polar surface area (TPSA) is 126 Å². The molecule has 9 heteroatoms. The quantitative estimate of drug-likeness (QED) is 0.291. The van der Waals surface area contributed by atoms with Crippen LogP contribution in [0.15, 0.2) is 48.8 Å². The minimum absolute atomic E-state index is 0.186. The molecule has 3 aromatic heterocycles. The van der Waals surface area contributed by atoms with Gasteiger partial charge in [-0.25, -0.2) is 9.97 Å². The number of aryl methyl sites for hydroxylation is 1. The largest absolute Gasteiger partial charge is 0.343 e. The maximum Gasteiger partial charge on any atom is 0.291 e. The molecule has 5 N–H and O–H groups in total. The third-order valence-corrected chi connectivity index (χ3v) is 8.17. The second-order valence-electron chi connectivity index (χ2n) is 10.7. The molecule has 0 bridgehead atoms. The lowest BCUT2D eigenvalue weighted by atomic mass is 9.71. The van der Waals surface area contributed by atoms with E-state index >= 15 is 0 Å². The van der Waals surface area contributed by atoms with Crippen molar-refractivity contribution < 1.29 is 9.59 Å². The Balaban J connectivity index is 1.31. The van der Waals surface area contributed by atoms with Gasteiger partial charge < -0.3 is 21.4 Å². The predicted molar refractivity (Wildman–Crippen MR) is 147 cm³/mol. The number of aromatic amines is 1. The first-order valence-corrected chi connectivity index (χ1v) is 13.4. The van der Waals surface area contributed by atoms with E-state index in [0.717, 1.165) is 40.7 Å². The molecule has 0 aliphatic heterocycles. The zero-order valence-electron chi connectivity index (χ0n) is 21.3. The molecule has 2 atom stereocenters. The van der Waals surface area contributed by atoms with Crippen molar-refractivity contribution in [2.24, 2.45) is 17.1 Å². The molecule has 37 heavy (non-hydrogen) atoms. The summed E-state index contributed by atoms with van der Waals surface area (Å²) in [6.07, 6.45) is 6.27. The number of aromatic nitrogens is 3. The molecule has 1 aliphatic rings. The van der Waals surface area contributed by atoms with Crippen LogP contribution in [0.1, 0.15) is 70.3 Å². The second-order valence-corrected chi connectivity index (χ2v) is 11.7. The number of pyridine rings is 1. The smallest absolute Gasteiger partial charge is 0.291 e. The Hall–Kier alpha value is -3.56. The van der Waals surface area contributed by atoms with Crippen molar-refractivity contribution in [2.45, 2.75) is 46.1 Å². The van der Waals surface area contributed by atoms with Crippen LogP contribution in [0.5, 0.6) is 0 Å². The van der Waals surface area contributed by atoms with Gasteiger partial charge in [0.25, 0.3) is 11.8 Å². The van der Waals surface area contributed by atoms with Gasteiger partial charge in [0.05, 0.1) is 10.9 Å². The van der Waals surface area contributed by atoms with Crippen molar-refractivity contribution in [1.29, 1.82) is 0 Å². The Kier molecular flexibility index (Phi) is 6.83. The molecule has 0 fully saturated rings. The number of nitrogens with one attached hydrogen (secondary N) is 3. The Bertz CT molecular complexity index is 1440. The number of anilines is 1. The number of nitrogens with zero attached hydrogens (tertiary/aromatic N) is 2. The average Bonchev–Trinajstić information content (AvgIpc) is 3.55. The summed E-state index contributed by atoms with van der Waals surface area (Å²) < 4.78 is 0. The summed E-state index contributed by atoms with van der Waals surface area (Å²) in [7, 11) is 0. The molecule has 1 aliphatic carbocycles. The highest BCUT2D eigenvalue weighted by Crippen LogP contribution is 2.38. The highest BCUT2D eigenvalue weighted by molar-refractivity contribution is 7.20. The fraction of sp³-hybridized carbons (Fsp3) is 0.357. The highest BCUT2D eigenvalue weighted by Gasteiger charge is 2.30. The minimum Gasteiger partial charge on any atom is -0.343 e. The zero-order valence-corrected chi connectivity index (χ0v) is 22.1. The first-order chi connectivity index (χ1) is 17.7. The average molecular weight is 517 g/mol. The van der Waals surface area contributed by atoms with E-state index in [-0.39, 0.29) is 29.6 Å². The van der Waals surface area contributed by atoms with E-state index in [1.807, 2.05) is 24.3 Å². The van der Waals surface area contributed by atoms with Gasteiger partial charge >= 0.3 is 0 Å². The number of hydrogen-bond donors (Lipinski definition) is 4. The first kappa shape index (κ1) is 25.1. The summed E-state index contributed by atoms with van der Waals surface area (Å²) >= 11 is 1.41. The van der Waals surface area contributed by atoms with E-state index in [2.05, 4.69) is 47.4 Å². The van der Waals surface area contributed by atoms with Gasteiger partial charge in [0.1, 0.15) is 4.83 Å². The number of benzene rings is 1. The summed E-state index contributed by atoms with van der Waals surface area (Å²) in [5.41, 5.74) is 10.2. The van der Waals surface area contributed by atoms with Crippen LogP contribution in [-0.2, 0) is 12.8 Å². The van der Waals surface area contributed by atoms with E-state index in [9.17, 15) is 9.59 Å². The van der Waals surface area contributed by atoms with Crippen molar-refractivity contribution >= 4 is 39.1 Å². The lowest BCUT2D eigenvalue weighted by molar-refractivity contribution is 0.0941. The Morgan fingerprint density at radius 3 is 2.78 bits per heavy atom.